The number of carbonyl (C=O) groups excluding carboxylic acids is 1. The molecule has 2 rings (SSSR count). The number of nitrogens with zero attached hydrogens (tertiary/aromatic N) is 1. The number of hydrogen-bond donors (Lipinski definition) is 2. The Bertz CT molecular complexity index is 502. The normalized spacial score (nSPS) is 22.7. The Labute approximate surface area is 121 Å². The number of nitrogens with one attached hydrogen (secondary N) is 1. The van der Waals surface area contributed by atoms with Crippen LogP contribution in [0.3, 0.4) is 0 Å². The minimum atomic E-state index is -0.535. The Morgan fingerprint density at radius 3 is 2.79 bits per heavy atom. The zero-order valence-corrected chi connectivity index (χ0v) is 13.0. The van der Waals surface area contributed by atoms with E-state index in [0.717, 1.165) is 15.7 Å². The summed E-state index contributed by atoms with van der Waals surface area (Å²) in [6.45, 7) is 6.45. The molecule has 1 heterocycles. The van der Waals surface area contributed by atoms with Gasteiger partial charge in [0.15, 0.2) is 0 Å². The summed E-state index contributed by atoms with van der Waals surface area (Å²) < 4.78 is 0.995. The summed E-state index contributed by atoms with van der Waals surface area (Å²) in [6.07, 6.45) is 0. The summed E-state index contributed by atoms with van der Waals surface area (Å²) in [5.74, 6) is -0.0766. The molecule has 104 valence electrons. The van der Waals surface area contributed by atoms with Gasteiger partial charge < -0.3 is 10.0 Å². The smallest absolute Gasteiger partial charge is 0.246 e. The largest absolute Gasteiger partial charge is 0.394 e. The van der Waals surface area contributed by atoms with Crippen molar-refractivity contribution in [3.63, 3.8) is 0 Å². The third-order valence-corrected chi connectivity index (χ3v) is 3.81. The Morgan fingerprint density at radius 1 is 1.53 bits per heavy atom. The van der Waals surface area contributed by atoms with Crippen molar-refractivity contribution >= 4 is 27.5 Å². The highest BCUT2D eigenvalue weighted by molar-refractivity contribution is 9.10. The van der Waals surface area contributed by atoms with Crippen molar-refractivity contribution in [1.82, 2.24) is 5.32 Å². The first-order chi connectivity index (χ1) is 8.84. The molecule has 1 amide bonds. The van der Waals surface area contributed by atoms with E-state index in [1.165, 1.54) is 0 Å². The van der Waals surface area contributed by atoms with Gasteiger partial charge in [0.25, 0.3) is 0 Å². The Hall–Kier alpha value is -0.910. The van der Waals surface area contributed by atoms with Crippen LogP contribution >= 0.6 is 15.9 Å². The van der Waals surface area contributed by atoms with Crippen LogP contribution < -0.4 is 10.2 Å². The molecule has 0 radical (unpaired) electrons. The molecule has 1 aliphatic heterocycles. The van der Waals surface area contributed by atoms with Gasteiger partial charge in [-0.3, -0.25) is 10.1 Å². The highest BCUT2D eigenvalue weighted by atomic mass is 79.9. The minimum absolute atomic E-state index is 0.0766. The third kappa shape index (κ3) is 2.99. The molecule has 1 saturated heterocycles. The average Bonchev–Trinajstić information content (AvgIpc) is 2.32. The van der Waals surface area contributed by atoms with E-state index in [1.54, 1.807) is 4.90 Å². The number of aryl methyl sites for hydroxylation is 1. The monoisotopic (exact) mass is 326 g/mol. The molecular weight excluding hydrogens is 308 g/mol. The van der Waals surface area contributed by atoms with Crippen LogP contribution in [0.2, 0.25) is 0 Å². The third-order valence-electron chi connectivity index (χ3n) is 3.31. The quantitative estimate of drug-likeness (QED) is 0.871. The number of anilines is 1. The number of rotatable bonds is 2. The average molecular weight is 327 g/mol. The maximum absolute atomic E-state index is 12.4. The number of benzene rings is 1. The van der Waals surface area contributed by atoms with Crippen LogP contribution in [-0.4, -0.2) is 35.7 Å². The standard InChI is InChI=1S/C14H19BrN2O2/c1-9-6-10(15)4-5-12(9)17-8-14(2,3)16-11(7-18)13(17)19/h4-6,11,16,18H,7-8H2,1-3H3. The first-order valence-electron chi connectivity index (χ1n) is 6.30. The topological polar surface area (TPSA) is 52.6 Å². The van der Waals surface area contributed by atoms with Gasteiger partial charge in [-0.1, -0.05) is 15.9 Å². The maximum atomic E-state index is 12.4. The van der Waals surface area contributed by atoms with Gasteiger partial charge in [0, 0.05) is 22.2 Å². The van der Waals surface area contributed by atoms with E-state index in [1.807, 2.05) is 39.0 Å². The van der Waals surface area contributed by atoms with Crippen LogP contribution in [0.1, 0.15) is 19.4 Å². The van der Waals surface area contributed by atoms with Crippen molar-refractivity contribution in [2.24, 2.45) is 0 Å². The van der Waals surface area contributed by atoms with Gasteiger partial charge in [0.1, 0.15) is 6.04 Å². The molecule has 1 aromatic carbocycles. The number of piperazine rings is 1. The van der Waals surface area contributed by atoms with E-state index in [0.29, 0.717) is 6.54 Å². The molecule has 5 heteroatoms. The Kier molecular flexibility index (Phi) is 3.99. The molecule has 4 nitrogen and oxygen atoms in total. The van der Waals surface area contributed by atoms with Crippen molar-refractivity contribution < 1.29 is 9.90 Å². The van der Waals surface area contributed by atoms with Crippen molar-refractivity contribution in [3.8, 4) is 0 Å². The van der Waals surface area contributed by atoms with Crippen LogP contribution in [-0.2, 0) is 4.79 Å². The molecule has 0 aromatic heterocycles. The van der Waals surface area contributed by atoms with Crippen molar-refractivity contribution in [2.45, 2.75) is 32.4 Å². The molecule has 0 saturated carbocycles. The van der Waals surface area contributed by atoms with E-state index in [4.69, 9.17) is 0 Å². The van der Waals surface area contributed by atoms with E-state index in [9.17, 15) is 9.90 Å². The molecule has 0 spiro atoms. The summed E-state index contributed by atoms with van der Waals surface area (Å²) in [6, 6.07) is 5.32. The fourth-order valence-corrected chi connectivity index (χ4v) is 2.97. The molecule has 1 aromatic rings. The van der Waals surface area contributed by atoms with Gasteiger partial charge in [-0.15, -0.1) is 0 Å². The van der Waals surface area contributed by atoms with Crippen LogP contribution in [0.4, 0.5) is 5.69 Å². The van der Waals surface area contributed by atoms with E-state index >= 15 is 0 Å². The minimum Gasteiger partial charge on any atom is -0.394 e. The second kappa shape index (κ2) is 5.23. The number of aliphatic hydroxyl groups excluding tert-OH is 1. The fourth-order valence-electron chi connectivity index (χ4n) is 2.49. The van der Waals surface area contributed by atoms with Gasteiger partial charge in [-0.25, -0.2) is 0 Å². The lowest BCUT2D eigenvalue weighted by Crippen LogP contribution is -2.66. The number of hydrogen-bond acceptors (Lipinski definition) is 3. The number of carbonyl (C=O) groups is 1. The zero-order valence-electron chi connectivity index (χ0n) is 11.4. The summed E-state index contributed by atoms with van der Waals surface area (Å²) in [5, 5.41) is 12.5. The Balaban J connectivity index is 2.38. The van der Waals surface area contributed by atoms with E-state index < -0.39 is 6.04 Å². The SMILES string of the molecule is Cc1cc(Br)ccc1N1CC(C)(C)NC(CO)C1=O. The molecule has 1 fully saturated rings. The Morgan fingerprint density at radius 2 is 2.21 bits per heavy atom. The second-order valence-corrected chi connectivity index (χ2v) is 6.53. The van der Waals surface area contributed by atoms with Crippen molar-refractivity contribution in [3.05, 3.63) is 28.2 Å². The summed E-state index contributed by atoms with van der Waals surface area (Å²) in [4.78, 5) is 14.1. The first-order valence-corrected chi connectivity index (χ1v) is 7.09. The summed E-state index contributed by atoms with van der Waals surface area (Å²) >= 11 is 3.43. The molecule has 1 aliphatic rings. The lowest BCUT2D eigenvalue weighted by atomic mass is 9.97. The molecule has 19 heavy (non-hydrogen) atoms. The van der Waals surface area contributed by atoms with Crippen LogP contribution in [0, 0.1) is 6.92 Å². The summed E-state index contributed by atoms with van der Waals surface area (Å²) in [5.41, 5.74) is 1.72. The van der Waals surface area contributed by atoms with Gasteiger partial charge in [-0.05, 0) is 44.5 Å². The number of halogens is 1. The second-order valence-electron chi connectivity index (χ2n) is 5.62. The van der Waals surface area contributed by atoms with E-state index in [2.05, 4.69) is 21.2 Å². The zero-order chi connectivity index (χ0) is 14.2. The molecule has 1 atom stereocenters. The van der Waals surface area contributed by atoms with Gasteiger partial charge in [-0.2, -0.15) is 0 Å². The van der Waals surface area contributed by atoms with Crippen molar-refractivity contribution in [2.75, 3.05) is 18.1 Å². The molecule has 1 unspecified atom stereocenters. The fraction of sp³-hybridized carbons (Fsp3) is 0.500. The molecule has 0 aliphatic carbocycles. The molecule has 0 bridgehead atoms. The lowest BCUT2D eigenvalue weighted by Gasteiger charge is -2.43. The highest BCUT2D eigenvalue weighted by Gasteiger charge is 2.38. The van der Waals surface area contributed by atoms with Gasteiger partial charge in [0.2, 0.25) is 5.91 Å². The van der Waals surface area contributed by atoms with Gasteiger partial charge in [0.05, 0.1) is 6.61 Å². The van der Waals surface area contributed by atoms with Crippen LogP contribution in [0.5, 0.6) is 0 Å². The van der Waals surface area contributed by atoms with Gasteiger partial charge >= 0.3 is 0 Å². The number of aliphatic hydroxyl groups is 1. The predicted molar refractivity (Wildman–Crippen MR) is 79.3 cm³/mol. The summed E-state index contributed by atoms with van der Waals surface area (Å²) in [7, 11) is 0. The molecule has 2 N–H and O–H groups in total. The molecular formula is C14H19BrN2O2. The van der Waals surface area contributed by atoms with Crippen LogP contribution in [0.15, 0.2) is 22.7 Å². The van der Waals surface area contributed by atoms with E-state index in [-0.39, 0.29) is 18.1 Å². The van der Waals surface area contributed by atoms with Crippen molar-refractivity contribution in [1.29, 1.82) is 0 Å². The predicted octanol–water partition coefficient (Wildman–Crippen LogP) is 1.83. The lowest BCUT2D eigenvalue weighted by molar-refractivity contribution is -0.124. The van der Waals surface area contributed by atoms with Crippen LogP contribution in [0.25, 0.3) is 0 Å². The first kappa shape index (κ1) is 14.5. The number of amides is 1. The highest BCUT2D eigenvalue weighted by Crippen LogP contribution is 2.28. The maximum Gasteiger partial charge on any atom is 0.246 e.